The van der Waals surface area contributed by atoms with E-state index in [0.29, 0.717) is 12.1 Å². The second kappa shape index (κ2) is 11.6. The summed E-state index contributed by atoms with van der Waals surface area (Å²) in [5, 5.41) is 6.51. The number of anilines is 1. The number of aldehydes is 1. The summed E-state index contributed by atoms with van der Waals surface area (Å²) in [7, 11) is 1.83. The number of rotatable bonds is 4. The summed E-state index contributed by atoms with van der Waals surface area (Å²) < 4.78 is 5.65. The number of carbonyl (C=O) groups excluding carboxylic acids is 1. The number of piperidine rings is 1. The molecule has 0 radical (unpaired) electrons. The molecule has 174 valence electrons. The van der Waals surface area contributed by atoms with Crippen LogP contribution in [0.3, 0.4) is 0 Å². The van der Waals surface area contributed by atoms with Crippen LogP contribution in [-0.2, 0) is 4.74 Å². The molecular weight excluding hydrogens is 434 g/mol. The predicted octanol–water partition coefficient (Wildman–Crippen LogP) is 4.49. The lowest BCUT2D eigenvalue weighted by atomic mass is 10.0. The summed E-state index contributed by atoms with van der Waals surface area (Å²) in [5.41, 5.74) is 1.96. The molecule has 5 rings (SSSR count). The van der Waals surface area contributed by atoms with E-state index in [-0.39, 0.29) is 0 Å². The highest BCUT2D eigenvalue weighted by Crippen LogP contribution is 2.23. The van der Waals surface area contributed by atoms with Crippen molar-refractivity contribution in [3.8, 4) is 0 Å². The number of hydrogen-bond donors (Lipinski definition) is 1. The van der Waals surface area contributed by atoms with Crippen LogP contribution in [0.15, 0.2) is 66.7 Å². The van der Waals surface area contributed by atoms with E-state index in [2.05, 4.69) is 27.2 Å². The van der Waals surface area contributed by atoms with Gasteiger partial charge in [-0.3, -0.25) is 9.69 Å². The fraction of sp³-hybridized carbons (Fsp3) is 0.370. The summed E-state index contributed by atoms with van der Waals surface area (Å²) in [6.45, 7) is 6.37. The lowest BCUT2D eigenvalue weighted by molar-refractivity contribution is -0.00425. The molecule has 2 aliphatic rings. The van der Waals surface area contributed by atoms with Gasteiger partial charge in [-0.1, -0.05) is 54.1 Å². The van der Waals surface area contributed by atoms with Gasteiger partial charge in [-0.25, -0.2) is 0 Å². The Morgan fingerprint density at radius 2 is 1.76 bits per heavy atom. The first-order chi connectivity index (χ1) is 16.2. The zero-order chi connectivity index (χ0) is 23.0. The molecule has 0 aliphatic carbocycles. The lowest BCUT2D eigenvalue weighted by Crippen LogP contribution is -2.58. The van der Waals surface area contributed by atoms with Gasteiger partial charge in [0.05, 0.1) is 6.10 Å². The van der Waals surface area contributed by atoms with Gasteiger partial charge in [0.1, 0.15) is 6.29 Å². The van der Waals surface area contributed by atoms with Crippen molar-refractivity contribution < 1.29 is 9.53 Å². The van der Waals surface area contributed by atoms with Crippen molar-refractivity contribution >= 4 is 34.3 Å². The maximum Gasteiger partial charge on any atom is 0.150 e. The fourth-order valence-electron chi connectivity index (χ4n) is 4.74. The second-order valence-electron chi connectivity index (χ2n) is 8.56. The Balaban J connectivity index is 0.000000183. The highest BCUT2D eigenvalue weighted by molar-refractivity contribution is 6.30. The van der Waals surface area contributed by atoms with Crippen molar-refractivity contribution in [1.29, 1.82) is 0 Å². The van der Waals surface area contributed by atoms with E-state index in [1.54, 1.807) is 0 Å². The van der Waals surface area contributed by atoms with E-state index >= 15 is 0 Å². The number of fused-ring (bicyclic) bond motifs is 1. The van der Waals surface area contributed by atoms with Gasteiger partial charge in [0.2, 0.25) is 0 Å². The number of methoxy groups -OCH3 is 1. The molecule has 5 nitrogen and oxygen atoms in total. The Morgan fingerprint density at radius 1 is 0.970 bits per heavy atom. The Bertz CT molecular complexity index is 1050. The minimum absolute atomic E-state index is 0.316. The number of nitrogens with zero attached hydrogens (tertiary/aromatic N) is 2. The maximum atomic E-state index is 10.5. The van der Waals surface area contributed by atoms with Gasteiger partial charge < -0.3 is 15.0 Å². The Morgan fingerprint density at radius 3 is 2.48 bits per heavy atom. The van der Waals surface area contributed by atoms with Crippen LogP contribution in [0.25, 0.3) is 10.8 Å². The maximum absolute atomic E-state index is 10.5. The van der Waals surface area contributed by atoms with Crippen molar-refractivity contribution in [3.63, 3.8) is 0 Å². The molecule has 0 spiro atoms. The third kappa shape index (κ3) is 6.12. The number of ether oxygens (including phenoxy) is 1. The predicted molar refractivity (Wildman–Crippen MR) is 137 cm³/mol. The molecule has 1 N–H and O–H groups in total. The van der Waals surface area contributed by atoms with E-state index in [4.69, 9.17) is 16.3 Å². The fourth-order valence-corrected chi connectivity index (χ4v) is 4.92. The van der Waals surface area contributed by atoms with Crippen molar-refractivity contribution in [2.24, 2.45) is 0 Å². The highest BCUT2D eigenvalue weighted by atomic mass is 35.5. The summed E-state index contributed by atoms with van der Waals surface area (Å²) >= 11 is 6.09. The summed E-state index contributed by atoms with van der Waals surface area (Å²) in [6, 6.07) is 22.4. The zero-order valence-electron chi connectivity index (χ0n) is 19.1. The molecular formula is C27H32ClN3O2. The first-order valence-electron chi connectivity index (χ1n) is 11.6. The van der Waals surface area contributed by atoms with Crippen LogP contribution in [0.5, 0.6) is 0 Å². The van der Waals surface area contributed by atoms with Crippen molar-refractivity contribution in [1.82, 2.24) is 10.2 Å². The molecule has 2 saturated heterocycles. The smallest absolute Gasteiger partial charge is 0.150 e. The Hall–Kier alpha value is -2.44. The van der Waals surface area contributed by atoms with Gasteiger partial charge in [0.15, 0.2) is 0 Å². The van der Waals surface area contributed by atoms with Gasteiger partial charge in [0, 0.05) is 62.1 Å². The molecule has 6 heteroatoms. The summed E-state index contributed by atoms with van der Waals surface area (Å²) in [6.07, 6.45) is 2.36. The molecule has 3 aromatic carbocycles. The van der Waals surface area contributed by atoms with Gasteiger partial charge in [-0.15, -0.1) is 0 Å². The summed E-state index contributed by atoms with van der Waals surface area (Å²) in [5.74, 6) is 0. The number of nitrogens with one attached hydrogen (secondary N) is 1. The summed E-state index contributed by atoms with van der Waals surface area (Å²) in [4.78, 5) is 15.5. The molecule has 2 unspecified atom stereocenters. The van der Waals surface area contributed by atoms with E-state index in [9.17, 15) is 4.79 Å². The normalized spacial score (nSPS) is 21.3. The average molecular weight is 466 g/mol. The van der Waals surface area contributed by atoms with Crippen LogP contribution in [0.4, 0.5) is 5.69 Å². The van der Waals surface area contributed by atoms with Gasteiger partial charge in [-0.05, 0) is 48.0 Å². The number of carbonyl (C=O) groups is 1. The molecule has 3 aromatic rings. The van der Waals surface area contributed by atoms with E-state index < -0.39 is 0 Å². The van der Waals surface area contributed by atoms with Gasteiger partial charge in [0.25, 0.3) is 0 Å². The first kappa shape index (κ1) is 23.7. The molecule has 33 heavy (non-hydrogen) atoms. The Labute approximate surface area is 201 Å². The van der Waals surface area contributed by atoms with Crippen LogP contribution in [0, 0.1) is 0 Å². The van der Waals surface area contributed by atoms with E-state index in [1.165, 1.54) is 17.5 Å². The van der Waals surface area contributed by atoms with Crippen molar-refractivity contribution in [3.05, 3.63) is 77.3 Å². The lowest BCUT2D eigenvalue weighted by Gasteiger charge is -2.44. The molecule has 0 saturated carbocycles. The van der Waals surface area contributed by atoms with Crippen molar-refractivity contribution in [2.45, 2.75) is 18.6 Å². The van der Waals surface area contributed by atoms with Gasteiger partial charge >= 0.3 is 0 Å². The molecule has 2 atom stereocenters. The third-order valence-electron chi connectivity index (χ3n) is 6.56. The average Bonchev–Trinajstić information content (AvgIpc) is 2.89. The topological polar surface area (TPSA) is 44.8 Å². The SMILES string of the molecule is COC1CNCCC1N1CCN(c2cccc(Cl)c2)CC1.O=Cc1ccc2ccccc2c1. The minimum atomic E-state index is 0.316. The monoisotopic (exact) mass is 465 g/mol. The zero-order valence-corrected chi connectivity index (χ0v) is 19.9. The standard InChI is InChI=1S/C16H24ClN3O.C11H8O/c1-21-16-12-18-6-5-15(16)20-9-7-19(8-10-20)14-4-2-3-13(17)11-14;12-8-9-5-6-10-3-1-2-4-11(10)7-9/h2-4,11,15-16,18H,5-10,12H2,1H3;1-8H. The minimum Gasteiger partial charge on any atom is -0.378 e. The molecule has 0 amide bonds. The van der Waals surface area contributed by atoms with Crippen LogP contribution < -0.4 is 10.2 Å². The molecule has 0 bridgehead atoms. The number of piperazine rings is 1. The Kier molecular flexibility index (Phi) is 8.35. The highest BCUT2D eigenvalue weighted by Gasteiger charge is 2.32. The number of hydrogen-bond acceptors (Lipinski definition) is 5. The second-order valence-corrected chi connectivity index (χ2v) is 9.00. The van der Waals surface area contributed by atoms with Crippen molar-refractivity contribution in [2.75, 3.05) is 51.3 Å². The largest absolute Gasteiger partial charge is 0.378 e. The van der Waals surface area contributed by atoms with Crippen LogP contribution in [0.2, 0.25) is 5.02 Å². The molecule has 2 heterocycles. The number of halogens is 1. The molecule has 0 aromatic heterocycles. The first-order valence-corrected chi connectivity index (χ1v) is 12.0. The third-order valence-corrected chi connectivity index (χ3v) is 6.80. The van der Waals surface area contributed by atoms with E-state index in [1.807, 2.05) is 61.7 Å². The molecule has 2 fully saturated rings. The molecule has 2 aliphatic heterocycles. The van der Waals surface area contributed by atoms with Crippen LogP contribution >= 0.6 is 11.6 Å². The van der Waals surface area contributed by atoms with E-state index in [0.717, 1.165) is 61.5 Å². The number of benzene rings is 3. The van der Waals surface area contributed by atoms with Gasteiger partial charge in [-0.2, -0.15) is 0 Å². The quantitative estimate of drug-likeness (QED) is 0.575. The van der Waals surface area contributed by atoms with Crippen LogP contribution in [-0.4, -0.2) is 69.7 Å². The van der Waals surface area contributed by atoms with Crippen LogP contribution in [0.1, 0.15) is 16.8 Å².